The van der Waals surface area contributed by atoms with Gasteiger partial charge in [-0.25, -0.2) is 4.68 Å². The molecule has 0 unspecified atom stereocenters. The number of hydrogen-bond donors (Lipinski definition) is 0. The maximum absolute atomic E-state index is 11.6. The molecule has 0 aliphatic rings. The fraction of sp³-hybridized carbons (Fsp3) is 0.417. The Kier molecular flexibility index (Phi) is 5.63. The van der Waals surface area contributed by atoms with E-state index in [4.69, 9.17) is 9.47 Å². The van der Waals surface area contributed by atoms with E-state index in [1.807, 2.05) is 0 Å². The lowest BCUT2D eigenvalue weighted by molar-refractivity contribution is -0.157. The quantitative estimate of drug-likeness (QED) is 0.431. The monoisotopic (exact) mass is 252 g/mol. The Balaban J connectivity index is 2.77. The van der Waals surface area contributed by atoms with Crippen molar-refractivity contribution in [2.75, 3.05) is 13.2 Å². The van der Waals surface area contributed by atoms with E-state index in [1.165, 1.54) is 10.9 Å². The van der Waals surface area contributed by atoms with Crippen LogP contribution in [0.4, 0.5) is 0 Å². The van der Waals surface area contributed by atoms with Crippen molar-refractivity contribution >= 4 is 18.2 Å². The molecule has 18 heavy (non-hydrogen) atoms. The van der Waals surface area contributed by atoms with Gasteiger partial charge in [-0.2, -0.15) is 5.10 Å². The standard InChI is InChI=1S/C12H16N2O4/c1-3-17-11(15)10(12(16)18-4-2)9-13-14-7-5-6-8-14/h5-10H,3-4H2,1-2H3/b13-9-. The summed E-state index contributed by atoms with van der Waals surface area (Å²) >= 11 is 0. The molecular formula is C12H16N2O4. The van der Waals surface area contributed by atoms with E-state index in [0.717, 1.165) is 0 Å². The van der Waals surface area contributed by atoms with Crippen LogP contribution in [0.2, 0.25) is 0 Å². The van der Waals surface area contributed by atoms with Crippen molar-refractivity contribution in [2.45, 2.75) is 13.8 Å². The summed E-state index contributed by atoms with van der Waals surface area (Å²) in [7, 11) is 0. The van der Waals surface area contributed by atoms with Crippen molar-refractivity contribution in [1.29, 1.82) is 0 Å². The summed E-state index contributed by atoms with van der Waals surface area (Å²) in [6.07, 6.45) is 4.59. The number of carbonyl (C=O) groups is 2. The number of aromatic nitrogens is 1. The van der Waals surface area contributed by atoms with Crippen molar-refractivity contribution in [3.8, 4) is 0 Å². The van der Waals surface area contributed by atoms with Gasteiger partial charge in [0, 0.05) is 12.4 Å². The lowest BCUT2D eigenvalue weighted by Crippen LogP contribution is -2.29. The molecular weight excluding hydrogens is 236 g/mol. The first-order valence-electron chi connectivity index (χ1n) is 5.69. The van der Waals surface area contributed by atoms with Gasteiger partial charge in [0.1, 0.15) is 0 Å². The molecule has 0 aliphatic heterocycles. The predicted octanol–water partition coefficient (Wildman–Crippen LogP) is 1.06. The van der Waals surface area contributed by atoms with E-state index in [2.05, 4.69) is 5.10 Å². The van der Waals surface area contributed by atoms with Gasteiger partial charge in [0.15, 0.2) is 5.92 Å². The molecule has 1 aromatic rings. The fourth-order valence-electron chi connectivity index (χ4n) is 1.23. The molecule has 98 valence electrons. The molecule has 1 aromatic heterocycles. The summed E-state index contributed by atoms with van der Waals surface area (Å²) in [6.45, 7) is 3.74. The average molecular weight is 252 g/mol. The van der Waals surface area contributed by atoms with Crippen LogP contribution >= 0.6 is 0 Å². The number of hydrogen-bond acceptors (Lipinski definition) is 5. The third-order valence-corrected chi connectivity index (χ3v) is 2.02. The first-order chi connectivity index (χ1) is 8.69. The highest BCUT2D eigenvalue weighted by molar-refractivity contribution is 6.09. The molecule has 0 N–H and O–H groups in total. The SMILES string of the molecule is CCOC(=O)C(/C=N\n1cccc1)C(=O)OCC. The third kappa shape index (κ3) is 4.04. The zero-order valence-corrected chi connectivity index (χ0v) is 10.4. The first-order valence-corrected chi connectivity index (χ1v) is 5.69. The highest BCUT2D eigenvalue weighted by Gasteiger charge is 2.27. The van der Waals surface area contributed by atoms with E-state index in [9.17, 15) is 9.59 Å². The smallest absolute Gasteiger partial charge is 0.325 e. The average Bonchev–Trinajstić information content (AvgIpc) is 2.83. The van der Waals surface area contributed by atoms with Gasteiger partial charge in [0.05, 0.1) is 19.4 Å². The normalized spacial score (nSPS) is 10.8. The van der Waals surface area contributed by atoms with Crippen LogP contribution in [0.15, 0.2) is 29.6 Å². The highest BCUT2D eigenvalue weighted by Crippen LogP contribution is 2.02. The van der Waals surface area contributed by atoms with E-state index in [-0.39, 0.29) is 13.2 Å². The van der Waals surface area contributed by atoms with Crippen LogP contribution in [0.1, 0.15) is 13.8 Å². The number of esters is 2. The van der Waals surface area contributed by atoms with Gasteiger partial charge in [-0.3, -0.25) is 9.59 Å². The molecule has 0 radical (unpaired) electrons. The second kappa shape index (κ2) is 7.26. The Bertz CT molecular complexity index is 394. The molecule has 0 saturated heterocycles. The van der Waals surface area contributed by atoms with Gasteiger partial charge < -0.3 is 9.47 Å². The van der Waals surface area contributed by atoms with Crippen LogP contribution in [-0.2, 0) is 19.1 Å². The summed E-state index contributed by atoms with van der Waals surface area (Å²) in [4.78, 5) is 23.2. The number of nitrogens with zero attached hydrogens (tertiary/aromatic N) is 2. The van der Waals surface area contributed by atoms with Crippen molar-refractivity contribution in [2.24, 2.45) is 11.0 Å². The Morgan fingerprint density at radius 1 is 1.17 bits per heavy atom. The Labute approximate surface area is 105 Å². The second-order valence-electron chi connectivity index (χ2n) is 3.31. The van der Waals surface area contributed by atoms with Gasteiger partial charge in [0.2, 0.25) is 0 Å². The van der Waals surface area contributed by atoms with Crippen LogP contribution in [-0.4, -0.2) is 36.0 Å². The van der Waals surface area contributed by atoms with E-state index in [1.54, 1.807) is 38.4 Å². The van der Waals surface area contributed by atoms with Crippen LogP contribution < -0.4 is 0 Å². The van der Waals surface area contributed by atoms with Crippen molar-refractivity contribution < 1.29 is 19.1 Å². The van der Waals surface area contributed by atoms with Crippen LogP contribution in [0.5, 0.6) is 0 Å². The van der Waals surface area contributed by atoms with E-state index < -0.39 is 17.9 Å². The van der Waals surface area contributed by atoms with Crippen molar-refractivity contribution in [3.05, 3.63) is 24.5 Å². The molecule has 6 heteroatoms. The second-order valence-corrected chi connectivity index (χ2v) is 3.31. The summed E-state index contributed by atoms with van der Waals surface area (Å²) in [5, 5.41) is 3.96. The maximum atomic E-state index is 11.6. The third-order valence-electron chi connectivity index (χ3n) is 2.02. The molecule has 0 spiro atoms. The summed E-state index contributed by atoms with van der Waals surface area (Å²) in [5.41, 5.74) is 0. The number of ether oxygens (including phenoxy) is 2. The van der Waals surface area contributed by atoms with Gasteiger partial charge in [0.25, 0.3) is 0 Å². The van der Waals surface area contributed by atoms with Crippen LogP contribution in [0.3, 0.4) is 0 Å². The molecule has 1 rings (SSSR count). The lowest BCUT2D eigenvalue weighted by Gasteiger charge is -2.09. The number of carbonyl (C=O) groups excluding carboxylic acids is 2. The Morgan fingerprint density at radius 2 is 1.67 bits per heavy atom. The van der Waals surface area contributed by atoms with Gasteiger partial charge in [-0.15, -0.1) is 0 Å². The van der Waals surface area contributed by atoms with E-state index in [0.29, 0.717) is 0 Å². The molecule has 0 aliphatic carbocycles. The van der Waals surface area contributed by atoms with Gasteiger partial charge >= 0.3 is 11.9 Å². The molecule has 0 bridgehead atoms. The van der Waals surface area contributed by atoms with Crippen molar-refractivity contribution in [1.82, 2.24) is 4.68 Å². The molecule has 0 fully saturated rings. The van der Waals surface area contributed by atoms with Gasteiger partial charge in [-0.05, 0) is 26.0 Å². The van der Waals surface area contributed by atoms with Crippen molar-refractivity contribution in [3.63, 3.8) is 0 Å². The minimum Gasteiger partial charge on any atom is -0.465 e. The Morgan fingerprint density at radius 3 is 2.11 bits per heavy atom. The summed E-state index contributed by atoms with van der Waals surface area (Å²) in [5.74, 6) is -2.45. The molecule has 0 atom stereocenters. The van der Waals surface area contributed by atoms with Gasteiger partial charge in [-0.1, -0.05) is 0 Å². The maximum Gasteiger partial charge on any atom is 0.325 e. The zero-order chi connectivity index (χ0) is 13.4. The molecule has 0 saturated carbocycles. The number of rotatable bonds is 6. The predicted molar refractivity (Wildman–Crippen MR) is 65.1 cm³/mol. The largest absolute Gasteiger partial charge is 0.465 e. The lowest BCUT2D eigenvalue weighted by atomic mass is 10.2. The fourth-order valence-corrected chi connectivity index (χ4v) is 1.23. The molecule has 0 aromatic carbocycles. The molecule has 6 nitrogen and oxygen atoms in total. The minimum atomic E-state index is -1.13. The van der Waals surface area contributed by atoms with E-state index >= 15 is 0 Å². The summed E-state index contributed by atoms with van der Waals surface area (Å²) < 4.78 is 11.1. The highest BCUT2D eigenvalue weighted by atomic mass is 16.6. The molecule has 1 heterocycles. The topological polar surface area (TPSA) is 69.9 Å². The van der Waals surface area contributed by atoms with Crippen LogP contribution in [0.25, 0.3) is 0 Å². The minimum absolute atomic E-state index is 0.200. The first kappa shape index (κ1) is 14.0. The Hall–Kier alpha value is -2.11. The zero-order valence-electron chi connectivity index (χ0n) is 10.4. The molecule has 0 amide bonds. The van der Waals surface area contributed by atoms with Crippen LogP contribution in [0, 0.1) is 5.92 Å². The summed E-state index contributed by atoms with van der Waals surface area (Å²) in [6, 6.07) is 3.56.